The van der Waals surface area contributed by atoms with E-state index in [2.05, 4.69) is 135 Å². The van der Waals surface area contributed by atoms with Gasteiger partial charge in [-0.25, -0.2) is 0 Å². The number of hydrogen-bond donors (Lipinski definition) is 0. The van der Waals surface area contributed by atoms with Crippen molar-refractivity contribution in [3.05, 3.63) is 89.5 Å². The standard InChI is InChI=1S/C51H86N3.BrH.2HI/c1-10-17-18-19-20-21-22-23-24-25-26-27-28-29-30-31-44-54(15-6,16-7)50-42-36-47(37-43-50)51(45-32-38-48(39-33-45)52(8,11-2)12-3)46-34-40-49(41-35-46)53(9,13-4)14-5;;;/h32-43,51H,10-31,44H2,1-9H3;3*1H/q+3;;;/p-3. The topological polar surface area (TPSA) is 0 Å². The van der Waals surface area contributed by atoms with Crippen LogP contribution in [0, 0.1) is 0 Å². The van der Waals surface area contributed by atoms with Crippen molar-refractivity contribution in [2.75, 3.05) is 59.9 Å². The second kappa shape index (κ2) is 30.5. The number of quaternary nitrogens is 3. The highest BCUT2D eigenvalue weighted by Gasteiger charge is 2.28. The maximum atomic E-state index is 2.47. The molecule has 0 aliphatic rings. The first kappa shape index (κ1) is 56.5. The van der Waals surface area contributed by atoms with Gasteiger partial charge in [-0.1, -0.05) is 133 Å². The molecule has 0 amide bonds. The van der Waals surface area contributed by atoms with Gasteiger partial charge in [0.2, 0.25) is 0 Å². The van der Waals surface area contributed by atoms with Gasteiger partial charge in [-0.15, -0.1) is 0 Å². The van der Waals surface area contributed by atoms with Gasteiger partial charge < -0.3 is 64.9 Å². The highest BCUT2D eigenvalue weighted by Crippen LogP contribution is 2.37. The van der Waals surface area contributed by atoms with E-state index in [1.165, 1.54) is 143 Å². The maximum absolute atomic E-state index is 2.47. The van der Waals surface area contributed by atoms with Crippen molar-refractivity contribution < 1.29 is 64.9 Å². The molecular weight excluding hydrogens is 988 g/mol. The Morgan fingerprint density at radius 2 is 0.614 bits per heavy atom. The van der Waals surface area contributed by atoms with Gasteiger partial charge >= 0.3 is 0 Å². The molecule has 326 valence electrons. The van der Waals surface area contributed by atoms with Crippen molar-refractivity contribution in [2.24, 2.45) is 0 Å². The van der Waals surface area contributed by atoms with Gasteiger partial charge in [0.1, 0.15) is 17.1 Å². The van der Waals surface area contributed by atoms with E-state index in [0.717, 1.165) is 52.7 Å². The monoisotopic (exact) mass is 1070 g/mol. The molecule has 0 aliphatic carbocycles. The fourth-order valence-electron chi connectivity index (χ4n) is 8.79. The summed E-state index contributed by atoms with van der Waals surface area (Å²) in [6.45, 7) is 24.2. The maximum Gasteiger partial charge on any atom is 0.132 e. The number of rotatable bonds is 29. The summed E-state index contributed by atoms with van der Waals surface area (Å²) in [6, 6.07) is 29.0. The van der Waals surface area contributed by atoms with Gasteiger partial charge in [0.15, 0.2) is 0 Å². The average Bonchev–Trinajstić information content (AvgIpc) is 3.22. The highest BCUT2D eigenvalue weighted by molar-refractivity contribution is 5.54. The fraction of sp³-hybridized carbons (Fsp3) is 0.647. The summed E-state index contributed by atoms with van der Waals surface area (Å²) in [4.78, 5) is 0. The molecular formula is C51H86BrI2N3. The van der Waals surface area contributed by atoms with Crippen molar-refractivity contribution in [2.45, 2.75) is 157 Å². The third-order valence-corrected chi connectivity index (χ3v) is 13.9. The van der Waals surface area contributed by atoms with E-state index in [1.807, 2.05) is 0 Å². The zero-order valence-corrected chi connectivity index (χ0v) is 44.1. The van der Waals surface area contributed by atoms with E-state index in [-0.39, 0.29) is 70.9 Å². The van der Waals surface area contributed by atoms with Crippen molar-refractivity contribution in [3.8, 4) is 0 Å². The lowest BCUT2D eigenvalue weighted by Crippen LogP contribution is -3.00. The Morgan fingerprint density at radius 3 is 0.877 bits per heavy atom. The lowest BCUT2D eigenvalue weighted by molar-refractivity contribution is -0.00100. The Labute approximate surface area is 398 Å². The molecule has 0 fully saturated rings. The molecule has 3 rings (SSSR count). The van der Waals surface area contributed by atoms with Crippen molar-refractivity contribution in [3.63, 3.8) is 0 Å². The van der Waals surface area contributed by atoms with Crippen LogP contribution in [0.5, 0.6) is 0 Å². The lowest BCUT2D eigenvalue weighted by atomic mass is 9.84. The minimum absolute atomic E-state index is 0. The summed E-state index contributed by atoms with van der Waals surface area (Å²) in [5, 5.41) is 0. The van der Waals surface area contributed by atoms with Crippen molar-refractivity contribution in [1.29, 1.82) is 0 Å². The molecule has 3 aromatic carbocycles. The summed E-state index contributed by atoms with van der Waals surface area (Å²) in [6.07, 6.45) is 22.8. The van der Waals surface area contributed by atoms with Gasteiger partial charge in [0.05, 0.1) is 59.9 Å². The summed E-state index contributed by atoms with van der Waals surface area (Å²) in [5.41, 5.74) is 8.41. The molecule has 57 heavy (non-hydrogen) atoms. The average molecular weight is 1070 g/mol. The van der Waals surface area contributed by atoms with Crippen LogP contribution in [-0.4, -0.2) is 59.9 Å². The van der Waals surface area contributed by atoms with E-state index in [0.29, 0.717) is 0 Å². The Hall–Kier alpha value is -0.520. The molecule has 3 nitrogen and oxygen atoms in total. The van der Waals surface area contributed by atoms with E-state index in [9.17, 15) is 0 Å². The largest absolute Gasteiger partial charge is 1.00 e. The van der Waals surface area contributed by atoms with Crippen LogP contribution >= 0.6 is 0 Å². The number of halogens is 3. The van der Waals surface area contributed by atoms with Crippen LogP contribution in [-0.2, 0) is 0 Å². The molecule has 0 heterocycles. The zero-order chi connectivity index (χ0) is 39.3. The molecule has 0 unspecified atom stereocenters. The Morgan fingerprint density at radius 1 is 0.351 bits per heavy atom. The Kier molecular flexibility index (Phi) is 30.2. The molecule has 3 aromatic rings. The minimum atomic E-state index is 0. The van der Waals surface area contributed by atoms with Crippen LogP contribution < -0.4 is 78.4 Å². The molecule has 0 aliphatic heterocycles. The summed E-state index contributed by atoms with van der Waals surface area (Å²) >= 11 is 0. The van der Waals surface area contributed by atoms with E-state index >= 15 is 0 Å². The molecule has 0 radical (unpaired) electrons. The quantitative estimate of drug-likeness (QED) is 0.0377. The van der Waals surface area contributed by atoms with Gasteiger partial charge in [0.25, 0.3) is 0 Å². The molecule has 0 saturated heterocycles. The van der Waals surface area contributed by atoms with Crippen LogP contribution in [0.15, 0.2) is 72.8 Å². The molecule has 0 bridgehead atoms. The number of unbranched alkanes of at least 4 members (excludes halogenated alkanes) is 15. The fourth-order valence-corrected chi connectivity index (χ4v) is 8.79. The van der Waals surface area contributed by atoms with Gasteiger partial charge in [-0.3, -0.25) is 13.4 Å². The first-order chi connectivity index (χ1) is 26.2. The Balaban J connectivity index is 0.0000105. The first-order valence-corrected chi connectivity index (χ1v) is 23.1. The first-order valence-electron chi connectivity index (χ1n) is 23.1. The third-order valence-electron chi connectivity index (χ3n) is 13.9. The third kappa shape index (κ3) is 17.0. The normalized spacial score (nSPS) is 11.9. The summed E-state index contributed by atoms with van der Waals surface area (Å²) < 4.78 is 3.01. The number of benzene rings is 3. The predicted molar refractivity (Wildman–Crippen MR) is 245 cm³/mol. The zero-order valence-electron chi connectivity index (χ0n) is 38.2. The van der Waals surface area contributed by atoms with E-state index < -0.39 is 0 Å². The van der Waals surface area contributed by atoms with Gasteiger partial charge in [0, 0.05) is 5.92 Å². The minimum Gasteiger partial charge on any atom is -1.00 e. The molecule has 0 spiro atoms. The number of hydrogen-bond acceptors (Lipinski definition) is 0. The SMILES string of the molecule is CCCCCCCCCCCCCCCCCC[N+](CC)(CC)c1ccc(C(c2ccc([N+](C)(CC)CC)cc2)c2ccc([N+](C)(CC)CC)cc2)cc1.[Br-].[I-].[I-]. The summed E-state index contributed by atoms with van der Waals surface area (Å²) in [7, 11) is 4.71. The Bertz CT molecular complexity index is 1340. The number of nitrogens with zero attached hydrogens (tertiary/aromatic N) is 3. The molecule has 6 heteroatoms. The smallest absolute Gasteiger partial charge is 0.132 e. The lowest BCUT2D eigenvalue weighted by Gasteiger charge is -2.37. The van der Waals surface area contributed by atoms with Crippen LogP contribution in [0.2, 0.25) is 0 Å². The summed E-state index contributed by atoms with van der Waals surface area (Å²) in [5.74, 6) is 0.205. The molecule has 0 atom stereocenters. The van der Waals surface area contributed by atoms with Crippen LogP contribution in [0.1, 0.15) is 174 Å². The highest BCUT2D eigenvalue weighted by atomic mass is 127. The molecule has 0 N–H and O–H groups in total. The second-order valence-electron chi connectivity index (χ2n) is 17.1. The van der Waals surface area contributed by atoms with Crippen LogP contribution in [0.4, 0.5) is 17.1 Å². The predicted octanol–water partition coefficient (Wildman–Crippen LogP) is 5.44. The molecule has 0 aromatic heterocycles. The van der Waals surface area contributed by atoms with E-state index in [4.69, 9.17) is 0 Å². The second-order valence-corrected chi connectivity index (χ2v) is 17.1. The van der Waals surface area contributed by atoms with Crippen molar-refractivity contribution >= 4 is 17.1 Å². The van der Waals surface area contributed by atoms with E-state index in [1.54, 1.807) is 0 Å². The van der Waals surface area contributed by atoms with Crippen LogP contribution in [0.3, 0.4) is 0 Å². The van der Waals surface area contributed by atoms with Gasteiger partial charge in [-0.05, 0) is 107 Å². The molecule has 0 saturated carbocycles. The van der Waals surface area contributed by atoms with Gasteiger partial charge in [-0.2, -0.15) is 0 Å². The van der Waals surface area contributed by atoms with Crippen molar-refractivity contribution in [1.82, 2.24) is 13.4 Å². The van der Waals surface area contributed by atoms with Crippen LogP contribution in [0.25, 0.3) is 0 Å².